The van der Waals surface area contributed by atoms with E-state index in [-0.39, 0.29) is 26.8 Å². The van der Waals surface area contributed by atoms with Crippen LogP contribution in [0.25, 0.3) is 6.08 Å². The number of thioether (sulfide) groups is 1. The van der Waals surface area contributed by atoms with Gasteiger partial charge in [0.2, 0.25) is 0 Å². The van der Waals surface area contributed by atoms with E-state index in [1.807, 2.05) is 0 Å². The van der Waals surface area contributed by atoms with Crippen molar-refractivity contribution in [3.63, 3.8) is 0 Å². The van der Waals surface area contributed by atoms with Crippen LogP contribution in [0.4, 0.5) is 14.5 Å². The molecule has 0 bridgehead atoms. The Morgan fingerprint density at radius 2 is 1.85 bits per heavy atom. The summed E-state index contributed by atoms with van der Waals surface area (Å²) in [4.78, 5) is 16.6. The Labute approximate surface area is 152 Å². The number of hydrogen-bond acceptors (Lipinski definition) is 5. The zero-order chi connectivity index (χ0) is 18.7. The van der Waals surface area contributed by atoms with Gasteiger partial charge in [-0.2, -0.15) is 0 Å². The summed E-state index contributed by atoms with van der Waals surface area (Å²) in [6.45, 7) is 0. The average molecular weight is 373 g/mol. The Balaban J connectivity index is 2.06. The fourth-order valence-corrected chi connectivity index (χ4v) is 3.28. The van der Waals surface area contributed by atoms with Crippen LogP contribution in [-0.4, -0.2) is 23.2 Å². The lowest BCUT2D eigenvalue weighted by Crippen LogP contribution is -2.10. The highest BCUT2D eigenvalue weighted by atomic mass is 32.2. The number of aliphatic hydroxyl groups excluding tert-OH is 1. The second kappa shape index (κ2) is 7.53. The lowest BCUT2D eigenvalue weighted by atomic mass is 10.1. The third kappa shape index (κ3) is 3.67. The molecule has 1 aliphatic rings. The van der Waals surface area contributed by atoms with Crippen molar-refractivity contribution in [1.29, 1.82) is 0 Å². The second-order valence-corrected chi connectivity index (χ2v) is 6.27. The number of nitrogens with zero attached hydrogens (tertiary/aromatic N) is 1. The lowest BCUT2D eigenvalue weighted by Gasteiger charge is -2.01. The molecule has 0 radical (unpaired) electrons. The fourth-order valence-electron chi connectivity index (χ4n) is 2.26. The third-order valence-electron chi connectivity index (χ3n) is 3.53. The van der Waals surface area contributed by atoms with Crippen LogP contribution in [0.5, 0.6) is 0 Å². The van der Waals surface area contributed by atoms with E-state index >= 15 is 0 Å². The van der Waals surface area contributed by atoms with E-state index in [1.54, 1.807) is 18.2 Å². The fraction of sp³-hybridized carbons (Fsp3) is 0.0526. The summed E-state index contributed by atoms with van der Waals surface area (Å²) in [5.74, 6) is -1.99. The number of methoxy groups -OCH3 is 1. The number of halogens is 2. The molecule has 2 aromatic rings. The molecule has 0 amide bonds. The van der Waals surface area contributed by atoms with Crippen LogP contribution >= 0.6 is 11.8 Å². The maximum atomic E-state index is 13.9. The summed E-state index contributed by atoms with van der Waals surface area (Å²) in [6, 6.07) is 11.4. The lowest BCUT2D eigenvalue weighted by molar-refractivity contribution is -0.135. The highest BCUT2D eigenvalue weighted by molar-refractivity contribution is 8.18. The van der Waals surface area contributed by atoms with Gasteiger partial charge in [0, 0.05) is 5.56 Å². The number of rotatable bonds is 3. The number of aliphatic imine (C=N–C) groups is 1. The van der Waals surface area contributed by atoms with Gasteiger partial charge in [0.25, 0.3) is 0 Å². The van der Waals surface area contributed by atoms with Gasteiger partial charge < -0.3 is 9.84 Å². The second-order valence-electron chi connectivity index (χ2n) is 5.24. The monoisotopic (exact) mass is 373 g/mol. The molecule has 3 rings (SSSR count). The van der Waals surface area contributed by atoms with Gasteiger partial charge in [0.15, 0.2) is 0 Å². The Hall–Kier alpha value is -2.93. The van der Waals surface area contributed by atoms with Crippen molar-refractivity contribution in [2.75, 3.05) is 7.11 Å². The predicted octanol–water partition coefficient (Wildman–Crippen LogP) is 4.77. The van der Waals surface area contributed by atoms with E-state index in [4.69, 9.17) is 4.74 Å². The topological polar surface area (TPSA) is 58.9 Å². The highest BCUT2D eigenvalue weighted by Gasteiger charge is 2.33. The van der Waals surface area contributed by atoms with Gasteiger partial charge in [0.1, 0.15) is 28.0 Å². The molecule has 2 aromatic carbocycles. The molecule has 0 unspecified atom stereocenters. The number of aliphatic hydroxyl groups is 1. The summed E-state index contributed by atoms with van der Waals surface area (Å²) in [7, 11) is 1.18. The van der Waals surface area contributed by atoms with Crippen molar-refractivity contribution in [2.45, 2.75) is 0 Å². The smallest absolute Gasteiger partial charge is 0.344 e. The van der Waals surface area contributed by atoms with Crippen LogP contribution in [0.2, 0.25) is 0 Å². The van der Waals surface area contributed by atoms with Gasteiger partial charge in [-0.15, -0.1) is 0 Å². The first-order chi connectivity index (χ1) is 12.5. The van der Waals surface area contributed by atoms with Crippen molar-refractivity contribution >= 4 is 34.5 Å². The maximum Gasteiger partial charge on any atom is 0.344 e. The van der Waals surface area contributed by atoms with Crippen LogP contribution in [-0.2, 0) is 9.53 Å². The van der Waals surface area contributed by atoms with Gasteiger partial charge in [0.05, 0.1) is 17.7 Å². The number of carbonyl (C=O) groups excluding carboxylic acids is 1. The number of carbonyl (C=O) groups is 1. The highest BCUT2D eigenvalue weighted by Crippen LogP contribution is 2.40. The Morgan fingerprint density at radius 3 is 2.50 bits per heavy atom. The van der Waals surface area contributed by atoms with Crippen LogP contribution in [0.1, 0.15) is 5.56 Å². The van der Waals surface area contributed by atoms with Crippen molar-refractivity contribution < 1.29 is 23.4 Å². The van der Waals surface area contributed by atoms with Gasteiger partial charge >= 0.3 is 5.97 Å². The molecule has 1 N–H and O–H groups in total. The van der Waals surface area contributed by atoms with E-state index in [9.17, 15) is 18.7 Å². The molecule has 1 aliphatic heterocycles. The molecule has 0 fully saturated rings. The largest absolute Gasteiger partial charge is 0.506 e. The van der Waals surface area contributed by atoms with Gasteiger partial charge in [-0.3, -0.25) is 0 Å². The number of esters is 1. The first-order valence-corrected chi connectivity index (χ1v) is 8.32. The molecule has 0 spiro atoms. The molecule has 26 heavy (non-hydrogen) atoms. The van der Waals surface area contributed by atoms with Crippen LogP contribution in [0.15, 0.2) is 69.8 Å². The minimum atomic E-state index is -0.771. The van der Waals surface area contributed by atoms with Crippen molar-refractivity contribution in [3.8, 4) is 0 Å². The Kier molecular flexibility index (Phi) is 5.18. The normalized spacial score (nSPS) is 17.2. The van der Waals surface area contributed by atoms with E-state index in [2.05, 4.69) is 4.99 Å². The summed E-state index contributed by atoms with van der Waals surface area (Å²) in [6.07, 6.45) is 1.42. The van der Waals surface area contributed by atoms with Gasteiger partial charge in [-0.25, -0.2) is 18.6 Å². The van der Waals surface area contributed by atoms with Crippen LogP contribution in [0.3, 0.4) is 0 Å². The molecule has 1 heterocycles. The first kappa shape index (κ1) is 17.9. The molecular weight excluding hydrogens is 360 g/mol. The minimum Gasteiger partial charge on any atom is -0.506 e. The molecule has 0 atom stereocenters. The third-order valence-corrected chi connectivity index (χ3v) is 4.55. The van der Waals surface area contributed by atoms with Crippen molar-refractivity contribution in [3.05, 3.63) is 82.0 Å². The molecule has 0 aromatic heterocycles. The molecular formula is C19H13F2NO3S. The molecule has 132 valence electrons. The minimum absolute atomic E-state index is 0.121. The van der Waals surface area contributed by atoms with E-state index in [1.165, 1.54) is 43.5 Å². The number of benzene rings is 2. The number of ether oxygens (including phenoxy) is 1. The summed E-state index contributed by atoms with van der Waals surface area (Å²) >= 11 is 0.999. The Bertz CT molecular complexity index is 950. The van der Waals surface area contributed by atoms with Crippen molar-refractivity contribution in [1.82, 2.24) is 0 Å². The standard InChI is InChI=1S/C19H13F2NO3S/c1-25-19(24)16-17(23)15(10-11-4-2-3-5-14(11)21)26-18(16)22-13-8-6-12(20)7-9-13/h2-10,23H,1H3. The van der Waals surface area contributed by atoms with E-state index < -0.39 is 17.6 Å². The Morgan fingerprint density at radius 1 is 1.15 bits per heavy atom. The predicted molar refractivity (Wildman–Crippen MR) is 97.1 cm³/mol. The molecule has 4 nitrogen and oxygen atoms in total. The molecule has 7 heteroatoms. The average Bonchev–Trinajstić information content (AvgIpc) is 2.93. The summed E-state index contributed by atoms with van der Waals surface area (Å²) in [5.41, 5.74) is 0.536. The zero-order valence-electron chi connectivity index (χ0n) is 13.6. The molecule has 0 saturated carbocycles. The van der Waals surface area contributed by atoms with Crippen LogP contribution in [0, 0.1) is 11.6 Å². The van der Waals surface area contributed by atoms with Crippen LogP contribution < -0.4 is 0 Å². The SMILES string of the molecule is COC(=O)C1=C(O)C(=Cc2ccccc2F)SC1=Nc1ccc(F)cc1. The maximum absolute atomic E-state index is 13.9. The van der Waals surface area contributed by atoms with E-state index in [0.29, 0.717) is 5.69 Å². The summed E-state index contributed by atoms with van der Waals surface area (Å²) < 4.78 is 31.6. The molecule has 0 saturated heterocycles. The number of hydrogen-bond donors (Lipinski definition) is 1. The van der Waals surface area contributed by atoms with Gasteiger partial charge in [-0.1, -0.05) is 30.0 Å². The summed E-state index contributed by atoms with van der Waals surface area (Å²) in [5, 5.41) is 10.6. The van der Waals surface area contributed by atoms with E-state index in [0.717, 1.165) is 11.8 Å². The van der Waals surface area contributed by atoms with Crippen molar-refractivity contribution in [2.24, 2.45) is 4.99 Å². The quantitative estimate of drug-likeness (QED) is 0.788. The zero-order valence-corrected chi connectivity index (χ0v) is 14.4. The first-order valence-electron chi connectivity index (χ1n) is 7.50. The van der Waals surface area contributed by atoms with Gasteiger partial charge in [-0.05, 0) is 36.4 Å². The molecule has 0 aliphatic carbocycles.